The van der Waals surface area contributed by atoms with Crippen LogP contribution in [0.2, 0.25) is 0 Å². The molecule has 0 bridgehead atoms. The van der Waals surface area contributed by atoms with Crippen molar-refractivity contribution in [1.29, 1.82) is 0 Å². The van der Waals surface area contributed by atoms with E-state index in [-0.39, 0.29) is 11.9 Å². The predicted molar refractivity (Wildman–Crippen MR) is 53.6 cm³/mol. The first-order valence-electron chi connectivity index (χ1n) is 5.20. The van der Waals surface area contributed by atoms with Crippen molar-refractivity contribution >= 4 is 0 Å². The number of hydrogen-bond donors (Lipinski definition) is 1. The molecular weight excluding hydrogens is 179 g/mol. The van der Waals surface area contributed by atoms with Crippen molar-refractivity contribution in [3.05, 3.63) is 35.6 Å². The van der Waals surface area contributed by atoms with Crippen molar-refractivity contribution in [2.24, 2.45) is 0 Å². The van der Waals surface area contributed by atoms with Gasteiger partial charge in [0.2, 0.25) is 0 Å². The fraction of sp³-hybridized carbons (Fsp3) is 0.500. The minimum Gasteiger partial charge on any atom is -0.393 e. The molecule has 1 fully saturated rings. The SMILES string of the molecule is O[C@H]1CC[C@@H](c2ccccc2F)CC1. The largest absolute Gasteiger partial charge is 0.393 e. The van der Waals surface area contributed by atoms with E-state index < -0.39 is 0 Å². The van der Waals surface area contributed by atoms with Crippen LogP contribution in [-0.2, 0) is 0 Å². The molecule has 0 amide bonds. The summed E-state index contributed by atoms with van der Waals surface area (Å²) in [6.45, 7) is 0. The van der Waals surface area contributed by atoms with Gasteiger partial charge in [0.1, 0.15) is 5.82 Å². The van der Waals surface area contributed by atoms with Crippen LogP contribution < -0.4 is 0 Å². The summed E-state index contributed by atoms with van der Waals surface area (Å²) < 4.78 is 13.4. The van der Waals surface area contributed by atoms with Gasteiger partial charge in [0, 0.05) is 0 Å². The van der Waals surface area contributed by atoms with Gasteiger partial charge in [-0.2, -0.15) is 0 Å². The number of aliphatic hydroxyl groups excluding tert-OH is 1. The molecule has 0 saturated heterocycles. The van der Waals surface area contributed by atoms with Crippen LogP contribution in [0, 0.1) is 5.82 Å². The quantitative estimate of drug-likeness (QED) is 0.728. The van der Waals surface area contributed by atoms with E-state index in [1.165, 1.54) is 6.07 Å². The first-order valence-corrected chi connectivity index (χ1v) is 5.20. The van der Waals surface area contributed by atoms with Gasteiger partial charge in [0.15, 0.2) is 0 Å². The Morgan fingerprint density at radius 1 is 1.07 bits per heavy atom. The Morgan fingerprint density at radius 2 is 1.71 bits per heavy atom. The maximum atomic E-state index is 13.4. The van der Waals surface area contributed by atoms with Gasteiger partial charge in [0.05, 0.1) is 6.10 Å². The number of benzene rings is 1. The van der Waals surface area contributed by atoms with Crippen molar-refractivity contribution < 1.29 is 9.50 Å². The molecule has 1 nitrogen and oxygen atoms in total. The van der Waals surface area contributed by atoms with Gasteiger partial charge in [-0.15, -0.1) is 0 Å². The molecule has 1 aliphatic carbocycles. The van der Waals surface area contributed by atoms with Crippen LogP contribution in [-0.4, -0.2) is 11.2 Å². The Labute approximate surface area is 83.6 Å². The molecule has 2 heteroatoms. The van der Waals surface area contributed by atoms with Gasteiger partial charge in [-0.05, 0) is 43.2 Å². The van der Waals surface area contributed by atoms with E-state index in [0.717, 1.165) is 31.2 Å². The Bertz CT molecular complexity index is 303. The Kier molecular flexibility index (Phi) is 2.82. The lowest BCUT2D eigenvalue weighted by molar-refractivity contribution is 0.122. The average molecular weight is 194 g/mol. The second-order valence-corrected chi connectivity index (χ2v) is 4.03. The highest BCUT2D eigenvalue weighted by molar-refractivity contribution is 5.22. The average Bonchev–Trinajstić information content (AvgIpc) is 2.20. The molecule has 0 spiro atoms. The third-order valence-electron chi connectivity index (χ3n) is 3.04. The summed E-state index contributed by atoms with van der Waals surface area (Å²) in [5.41, 5.74) is 0.819. The zero-order valence-electron chi connectivity index (χ0n) is 8.12. The molecular formula is C12H15FO. The maximum absolute atomic E-state index is 13.4. The van der Waals surface area contributed by atoms with E-state index >= 15 is 0 Å². The molecule has 1 aromatic carbocycles. The Hall–Kier alpha value is -0.890. The maximum Gasteiger partial charge on any atom is 0.126 e. The van der Waals surface area contributed by atoms with Crippen LogP contribution in [0.5, 0.6) is 0 Å². The van der Waals surface area contributed by atoms with E-state index in [0.29, 0.717) is 5.92 Å². The highest BCUT2D eigenvalue weighted by Gasteiger charge is 2.22. The van der Waals surface area contributed by atoms with Crippen LogP contribution in [0.3, 0.4) is 0 Å². The third-order valence-corrected chi connectivity index (χ3v) is 3.04. The fourth-order valence-corrected chi connectivity index (χ4v) is 2.19. The minimum atomic E-state index is -0.168. The number of aliphatic hydroxyl groups is 1. The predicted octanol–water partition coefficient (Wildman–Crippen LogP) is 2.84. The smallest absolute Gasteiger partial charge is 0.126 e. The van der Waals surface area contributed by atoms with E-state index in [1.54, 1.807) is 6.07 Å². The molecule has 1 aliphatic rings. The van der Waals surface area contributed by atoms with Gasteiger partial charge in [-0.3, -0.25) is 0 Å². The standard InChI is InChI=1S/C12H15FO/c13-12-4-2-1-3-11(12)9-5-7-10(14)8-6-9/h1-4,9-10,14H,5-8H2/t9-,10+. The molecule has 0 aromatic heterocycles. The fourth-order valence-electron chi connectivity index (χ4n) is 2.19. The van der Waals surface area contributed by atoms with Gasteiger partial charge in [-0.1, -0.05) is 18.2 Å². The topological polar surface area (TPSA) is 20.2 Å². The first kappa shape index (κ1) is 9.66. The molecule has 76 valence electrons. The summed E-state index contributed by atoms with van der Waals surface area (Å²) in [5.74, 6) is 0.202. The molecule has 0 aliphatic heterocycles. The van der Waals surface area contributed by atoms with E-state index in [4.69, 9.17) is 0 Å². The van der Waals surface area contributed by atoms with Crippen LogP contribution in [0.4, 0.5) is 4.39 Å². The molecule has 2 rings (SSSR count). The van der Waals surface area contributed by atoms with Crippen LogP contribution in [0.25, 0.3) is 0 Å². The van der Waals surface area contributed by atoms with Gasteiger partial charge < -0.3 is 5.11 Å². The van der Waals surface area contributed by atoms with Crippen molar-refractivity contribution in [3.8, 4) is 0 Å². The minimum absolute atomic E-state index is 0.103. The molecule has 0 unspecified atom stereocenters. The number of hydrogen-bond acceptors (Lipinski definition) is 1. The Balaban J connectivity index is 2.12. The molecule has 0 heterocycles. The zero-order valence-corrected chi connectivity index (χ0v) is 8.12. The summed E-state index contributed by atoms with van der Waals surface area (Å²) in [6.07, 6.45) is 3.25. The van der Waals surface area contributed by atoms with Crippen LogP contribution >= 0.6 is 0 Å². The monoisotopic (exact) mass is 194 g/mol. The molecule has 1 aromatic rings. The molecule has 0 radical (unpaired) electrons. The van der Waals surface area contributed by atoms with Gasteiger partial charge in [-0.25, -0.2) is 4.39 Å². The van der Waals surface area contributed by atoms with Crippen molar-refractivity contribution in [2.75, 3.05) is 0 Å². The highest BCUT2D eigenvalue weighted by atomic mass is 19.1. The molecule has 1 saturated carbocycles. The summed E-state index contributed by atoms with van der Waals surface area (Å²) in [6, 6.07) is 6.97. The lowest BCUT2D eigenvalue weighted by atomic mass is 9.82. The van der Waals surface area contributed by atoms with Crippen LogP contribution in [0.1, 0.15) is 37.2 Å². The zero-order chi connectivity index (χ0) is 9.97. The molecule has 14 heavy (non-hydrogen) atoms. The highest BCUT2D eigenvalue weighted by Crippen LogP contribution is 2.33. The second-order valence-electron chi connectivity index (χ2n) is 4.03. The van der Waals surface area contributed by atoms with E-state index in [9.17, 15) is 9.50 Å². The lowest BCUT2D eigenvalue weighted by Crippen LogP contribution is -2.17. The van der Waals surface area contributed by atoms with Gasteiger partial charge in [0.25, 0.3) is 0 Å². The van der Waals surface area contributed by atoms with Crippen molar-refractivity contribution in [1.82, 2.24) is 0 Å². The van der Waals surface area contributed by atoms with Gasteiger partial charge >= 0.3 is 0 Å². The third kappa shape index (κ3) is 1.95. The summed E-state index contributed by atoms with van der Waals surface area (Å²) in [7, 11) is 0. The van der Waals surface area contributed by atoms with Crippen molar-refractivity contribution in [2.45, 2.75) is 37.7 Å². The van der Waals surface area contributed by atoms with Crippen molar-refractivity contribution in [3.63, 3.8) is 0 Å². The van der Waals surface area contributed by atoms with E-state index in [2.05, 4.69) is 0 Å². The first-order chi connectivity index (χ1) is 6.77. The summed E-state index contributed by atoms with van der Waals surface area (Å²) >= 11 is 0. The summed E-state index contributed by atoms with van der Waals surface area (Å²) in [5, 5.41) is 9.35. The molecule has 1 N–H and O–H groups in total. The normalized spacial score (nSPS) is 27.6. The Morgan fingerprint density at radius 3 is 2.36 bits per heavy atom. The lowest BCUT2D eigenvalue weighted by Gasteiger charge is -2.25. The van der Waals surface area contributed by atoms with Crippen LogP contribution in [0.15, 0.2) is 24.3 Å². The number of rotatable bonds is 1. The van der Waals surface area contributed by atoms with E-state index in [1.807, 2.05) is 12.1 Å². The number of halogens is 1. The summed E-state index contributed by atoms with van der Waals surface area (Å²) in [4.78, 5) is 0. The second kappa shape index (κ2) is 4.09. The molecule has 0 atom stereocenters.